The van der Waals surface area contributed by atoms with Crippen molar-refractivity contribution in [3.63, 3.8) is 0 Å². The van der Waals surface area contributed by atoms with E-state index in [1.54, 1.807) is 116 Å². The highest BCUT2D eigenvalue weighted by Crippen LogP contribution is 2.61. The molecule has 3 aliphatic heterocycles. The summed E-state index contributed by atoms with van der Waals surface area (Å²) >= 11 is 0. The van der Waals surface area contributed by atoms with Gasteiger partial charge in [-0.15, -0.1) is 0 Å². The maximum absolute atomic E-state index is 7.27. The summed E-state index contributed by atoms with van der Waals surface area (Å²) in [5, 5.41) is 0. The minimum Gasteiger partial charge on any atom is -0.375 e. The minimum absolute atomic E-state index is 0.560. The van der Waals surface area contributed by atoms with Gasteiger partial charge in [0.25, 0.3) is 0 Å². The topological polar surface area (TPSA) is 19.0 Å². The maximum atomic E-state index is 7.27. The van der Waals surface area contributed by atoms with Crippen molar-refractivity contribution in [1.29, 1.82) is 0 Å². The molecule has 14 fully saturated rings. The van der Waals surface area contributed by atoms with Crippen LogP contribution in [-0.4, -0.2) is 81.3 Å². The van der Waals surface area contributed by atoms with E-state index in [0.717, 1.165) is 125 Å². The first kappa shape index (κ1) is 46.4. The average Bonchev–Trinajstić information content (AvgIpc) is 4.04. The molecular weight excluding hydrogens is 827 g/mol. The summed E-state index contributed by atoms with van der Waals surface area (Å²) in [4.78, 5) is 10.00. The van der Waals surface area contributed by atoms with Crippen LogP contribution in [0.15, 0.2) is 0 Å². The molecule has 14 aliphatic rings. The summed E-state index contributed by atoms with van der Waals surface area (Å²) in [7, 11) is 0. The molecule has 0 aromatic heterocycles. The van der Waals surface area contributed by atoms with E-state index in [0.29, 0.717) is 12.2 Å². The molecule has 4 nitrogen and oxygen atoms in total. The van der Waals surface area contributed by atoms with Gasteiger partial charge in [0.2, 0.25) is 0 Å². The first-order chi connectivity index (χ1) is 33.7. The van der Waals surface area contributed by atoms with E-state index in [1.165, 1.54) is 148 Å². The van der Waals surface area contributed by atoms with E-state index in [9.17, 15) is 0 Å². The summed E-state index contributed by atoms with van der Waals surface area (Å²) in [6.45, 7) is 0. The molecular formula is C64H105N3O. The van der Waals surface area contributed by atoms with Gasteiger partial charge < -0.3 is 4.74 Å². The van der Waals surface area contributed by atoms with Crippen molar-refractivity contribution in [3.05, 3.63) is 0 Å². The van der Waals surface area contributed by atoms with E-state index < -0.39 is 0 Å². The molecule has 11 saturated carbocycles. The molecule has 3 heterocycles. The van der Waals surface area contributed by atoms with E-state index in [1.807, 2.05) is 0 Å². The quantitative estimate of drug-likeness (QED) is 0.253. The van der Waals surface area contributed by atoms with E-state index in [2.05, 4.69) is 14.7 Å². The standard InChI is InChI=1S/C64H105N3O/c1-3-16-47(17-4-1)65-58-23-11-9-21-52(58)54-38-43(26-34-60(54)65)45-28-36-62-56(40-45)57-41-46(44-27-35-61-55(39-44)53-22-10-12-24-59(53)66(61)48-18-5-2-6-19-48)29-37-63(57)67(62)49-30-32-50(33-31-49)68-64-25-13-15-42-14-7-8-20-51(42)64/h42-64H,1-41H2. The fourth-order valence-corrected chi connectivity index (χ4v) is 23.8. The van der Waals surface area contributed by atoms with Crippen LogP contribution in [0.3, 0.4) is 0 Å². The van der Waals surface area contributed by atoms with Crippen LogP contribution in [0.5, 0.6) is 0 Å². The molecule has 0 aromatic rings. The monoisotopic (exact) mass is 932 g/mol. The van der Waals surface area contributed by atoms with Gasteiger partial charge in [0.15, 0.2) is 0 Å². The summed E-state index contributed by atoms with van der Waals surface area (Å²) in [5.41, 5.74) is 0. The molecule has 0 spiro atoms. The first-order valence-corrected chi connectivity index (χ1v) is 32.7. The van der Waals surface area contributed by atoms with Crippen LogP contribution in [0, 0.1) is 71.0 Å². The number of rotatable bonds is 7. The zero-order valence-corrected chi connectivity index (χ0v) is 44.0. The van der Waals surface area contributed by atoms with Gasteiger partial charge in [-0.05, 0) is 244 Å². The Kier molecular flexibility index (Phi) is 13.8. The van der Waals surface area contributed by atoms with Gasteiger partial charge in [0.1, 0.15) is 0 Å². The Morgan fingerprint density at radius 3 is 1.04 bits per heavy atom. The lowest BCUT2D eigenvalue weighted by molar-refractivity contribution is -0.103. The van der Waals surface area contributed by atoms with Crippen LogP contribution in [0.25, 0.3) is 0 Å². The molecule has 382 valence electrons. The van der Waals surface area contributed by atoms with Crippen molar-refractivity contribution in [2.45, 2.75) is 330 Å². The second-order valence-corrected chi connectivity index (χ2v) is 28.9. The van der Waals surface area contributed by atoms with Crippen LogP contribution < -0.4 is 0 Å². The Bertz CT molecular complexity index is 1570. The highest BCUT2D eigenvalue weighted by Gasteiger charge is 2.59. The molecule has 4 heteroatoms. The van der Waals surface area contributed by atoms with Crippen LogP contribution in [0.4, 0.5) is 0 Å². The molecule has 68 heavy (non-hydrogen) atoms. The fourth-order valence-electron chi connectivity index (χ4n) is 23.8. The van der Waals surface area contributed by atoms with Gasteiger partial charge >= 0.3 is 0 Å². The fraction of sp³-hybridized carbons (Fsp3) is 1.00. The van der Waals surface area contributed by atoms with Gasteiger partial charge in [0, 0.05) is 54.4 Å². The van der Waals surface area contributed by atoms with E-state index in [-0.39, 0.29) is 0 Å². The van der Waals surface area contributed by atoms with Gasteiger partial charge in [0.05, 0.1) is 12.2 Å². The van der Waals surface area contributed by atoms with Crippen molar-refractivity contribution < 1.29 is 4.74 Å². The normalized spacial score (nSPS) is 52.0. The molecule has 0 radical (unpaired) electrons. The van der Waals surface area contributed by atoms with Gasteiger partial charge in [-0.3, -0.25) is 14.7 Å². The van der Waals surface area contributed by atoms with Crippen LogP contribution in [0.1, 0.15) is 263 Å². The second kappa shape index (κ2) is 20.2. The smallest absolute Gasteiger partial charge is 0.0609 e. The first-order valence-electron chi connectivity index (χ1n) is 32.7. The number of hydrogen-bond donors (Lipinski definition) is 0. The van der Waals surface area contributed by atoms with Crippen LogP contribution in [-0.2, 0) is 4.74 Å². The molecule has 14 rings (SSSR count). The van der Waals surface area contributed by atoms with Gasteiger partial charge in [-0.25, -0.2) is 0 Å². The molecule has 19 atom stereocenters. The maximum Gasteiger partial charge on any atom is 0.0609 e. The number of likely N-dealkylation sites (tertiary alicyclic amines) is 3. The molecule has 0 amide bonds. The number of nitrogens with zero attached hydrogens (tertiary/aromatic N) is 3. The predicted molar refractivity (Wildman–Crippen MR) is 279 cm³/mol. The van der Waals surface area contributed by atoms with Gasteiger partial charge in [-0.2, -0.15) is 0 Å². The largest absolute Gasteiger partial charge is 0.375 e. The average molecular weight is 933 g/mol. The zero-order chi connectivity index (χ0) is 44.7. The van der Waals surface area contributed by atoms with Crippen LogP contribution >= 0.6 is 0 Å². The Morgan fingerprint density at radius 1 is 0.221 bits per heavy atom. The van der Waals surface area contributed by atoms with Crippen molar-refractivity contribution >= 4 is 0 Å². The highest BCUT2D eigenvalue weighted by atomic mass is 16.5. The Balaban J connectivity index is 0.683. The third-order valence-corrected chi connectivity index (χ3v) is 26.4. The number of hydrogen-bond acceptors (Lipinski definition) is 4. The lowest BCUT2D eigenvalue weighted by atomic mass is 9.60. The molecule has 0 N–H and O–H groups in total. The van der Waals surface area contributed by atoms with Crippen molar-refractivity contribution in [2.75, 3.05) is 0 Å². The summed E-state index contributed by atoms with van der Waals surface area (Å²) in [6, 6.07) is 8.40. The Morgan fingerprint density at radius 2 is 0.574 bits per heavy atom. The van der Waals surface area contributed by atoms with Crippen molar-refractivity contribution in [1.82, 2.24) is 14.7 Å². The van der Waals surface area contributed by atoms with E-state index >= 15 is 0 Å². The summed E-state index contributed by atoms with van der Waals surface area (Å²) in [5.74, 6) is 12.3. The second-order valence-electron chi connectivity index (χ2n) is 28.9. The molecule has 19 unspecified atom stereocenters. The highest BCUT2D eigenvalue weighted by molar-refractivity contribution is 5.12. The minimum atomic E-state index is 0.560. The van der Waals surface area contributed by atoms with Crippen LogP contribution in [0.2, 0.25) is 0 Å². The third kappa shape index (κ3) is 8.46. The van der Waals surface area contributed by atoms with Crippen molar-refractivity contribution in [3.8, 4) is 0 Å². The van der Waals surface area contributed by atoms with E-state index in [4.69, 9.17) is 4.74 Å². The summed E-state index contributed by atoms with van der Waals surface area (Å²) < 4.78 is 7.27. The summed E-state index contributed by atoms with van der Waals surface area (Å²) in [6.07, 6.45) is 63.7. The Labute approximate surface area is 418 Å². The zero-order valence-electron chi connectivity index (χ0n) is 44.0. The predicted octanol–water partition coefficient (Wildman–Crippen LogP) is 15.5. The SMILES string of the molecule is C1CCC(N2C3CCCCC3C3CC(C4CCC5C(C4)C4CC(C6CCC7C(C6)C6CCCCC6N7C6CCCCC6)CCC4N5C4CCC(OC5CCCC6CCCCC65)CC4)CCC32)CC1. The van der Waals surface area contributed by atoms with Gasteiger partial charge in [-0.1, -0.05) is 89.9 Å². The third-order valence-electron chi connectivity index (χ3n) is 26.4. The lowest BCUT2D eigenvalue weighted by Crippen LogP contribution is -2.50. The van der Waals surface area contributed by atoms with Crippen molar-refractivity contribution in [2.24, 2.45) is 71.0 Å². The number of ether oxygens (including phenoxy) is 1. The number of fused-ring (bicyclic) bond motifs is 10. The molecule has 11 aliphatic carbocycles. The molecule has 0 bridgehead atoms. The molecule has 0 aromatic carbocycles. The Hall–Kier alpha value is -0.160. The molecule has 3 saturated heterocycles. The lowest BCUT2D eigenvalue weighted by Gasteiger charge is -2.47.